The number of amides is 1. The van der Waals surface area contributed by atoms with E-state index in [9.17, 15) is 9.59 Å². The van der Waals surface area contributed by atoms with E-state index in [4.69, 9.17) is 9.47 Å². The predicted molar refractivity (Wildman–Crippen MR) is 116 cm³/mol. The van der Waals surface area contributed by atoms with Crippen molar-refractivity contribution in [3.8, 4) is 11.5 Å². The standard InChI is InChI=1S/C23H29N3O4/c1-3-30-19-10-5-4-8-17(19)24-12-14-25(15-13-24)23(28)22-18-9-6-7-11-26(18)21(27)16-20(22)29-2/h4-5,8,10,16H,3,6-7,9,11-15H2,1-2H3. The predicted octanol–water partition coefficient (Wildman–Crippen LogP) is 2.55. The lowest BCUT2D eigenvalue weighted by Gasteiger charge is -2.37. The number of hydrogen-bond acceptors (Lipinski definition) is 5. The molecule has 0 bridgehead atoms. The Hall–Kier alpha value is -2.96. The van der Waals surface area contributed by atoms with Crippen molar-refractivity contribution in [1.82, 2.24) is 9.47 Å². The largest absolute Gasteiger partial charge is 0.496 e. The second kappa shape index (κ2) is 8.81. The second-order valence-electron chi connectivity index (χ2n) is 7.66. The van der Waals surface area contributed by atoms with Gasteiger partial charge in [-0.1, -0.05) is 12.1 Å². The number of nitrogens with zero attached hydrogens (tertiary/aromatic N) is 3. The van der Waals surface area contributed by atoms with Gasteiger partial charge in [-0.3, -0.25) is 9.59 Å². The lowest BCUT2D eigenvalue weighted by atomic mass is 10.0. The smallest absolute Gasteiger partial charge is 0.259 e. The summed E-state index contributed by atoms with van der Waals surface area (Å²) in [5, 5.41) is 0. The summed E-state index contributed by atoms with van der Waals surface area (Å²) >= 11 is 0. The summed E-state index contributed by atoms with van der Waals surface area (Å²) < 4.78 is 13.0. The van der Waals surface area contributed by atoms with Gasteiger partial charge >= 0.3 is 0 Å². The molecule has 1 aromatic heterocycles. The van der Waals surface area contributed by atoms with Crippen molar-refractivity contribution in [1.29, 1.82) is 0 Å². The van der Waals surface area contributed by atoms with Gasteiger partial charge in [0.05, 0.1) is 19.4 Å². The average Bonchev–Trinajstić information content (AvgIpc) is 2.79. The van der Waals surface area contributed by atoms with Gasteiger partial charge in [-0.15, -0.1) is 0 Å². The van der Waals surface area contributed by atoms with E-state index in [0.29, 0.717) is 37.6 Å². The van der Waals surface area contributed by atoms with E-state index in [2.05, 4.69) is 11.0 Å². The number of pyridine rings is 1. The summed E-state index contributed by atoms with van der Waals surface area (Å²) in [5.74, 6) is 1.22. The maximum atomic E-state index is 13.5. The first-order chi connectivity index (χ1) is 14.6. The third kappa shape index (κ3) is 3.76. The molecule has 7 heteroatoms. The number of aromatic nitrogens is 1. The van der Waals surface area contributed by atoms with Crippen LogP contribution in [0.2, 0.25) is 0 Å². The van der Waals surface area contributed by atoms with Crippen LogP contribution in [0, 0.1) is 0 Å². The minimum absolute atomic E-state index is 0.0461. The highest BCUT2D eigenvalue weighted by Crippen LogP contribution is 2.30. The van der Waals surface area contributed by atoms with Crippen molar-refractivity contribution in [3.63, 3.8) is 0 Å². The molecule has 3 heterocycles. The molecule has 0 radical (unpaired) electrons. The third-order valence-corrected chi connectivity index (χ3v) is 5.93. The van der Waals surface area contributed by atoms with Crippen LogP contribution in [0.15, 0.2) is 35.1 Å². The molecule has 1 amide bonds. The summed E-state index contributed by atoms with van der Waals surface area (Å²) in [6.45, 7) is 5.95. The lowest BCUT2D eigenvalue weighted by molar-refractivity contribution is 0.0740. The van der Waals surface area contributed by atoms with Crippen molar-refractivity contribution in [2.24, 2.45) is 0 Å². The topological polar surface area (TPSA) is 64.0 Å². The monoisotopic (exact) mass is 411 g/mol. The minimum atomic E-state index is -0.0875. The number of fused-ring (bicyclic) bond motifs is 1. The van der Waals surface area contributed by atoms with Crippen LogP contribution in [0.4, 0.5) is 5.69 Å². The van der Waals surface area contributed by atoms with Crippen LogP contribution in [-0.4, -0.2) is 55.3 Å². The first kappa shape index (κ1) is 20.3. The zero-order valence-electron chi connectivity index (χ0n) is 17.7. The fourth-order valence-corrected chi connectivity index (χ4v) is 4.43. The van der Waals surface area contributed by atoms with E-state index >= 15 is 0 Å². The highest BCUT2D eigenvalue weighted by atomic mass is 16.5. The zero-order chi connectivity index (χ0) is 21.1. The number of piperazine rings is 1. The Morgan fingerprint density at radius 1 is 1.03 bits per heavy atom. The molecule has 2 aromatic rings. The molecule has 1 saturated heterocycles. The molecule has 0 aliphatic carbocycles. The van der Waals surface area contributed by atoms with Gasteiger partial charge in [0.25, 0.3) is 11.5 Å². The van der Waals surface area contributed by atoms with Gasteiger partial charge in [-0.05, 0) is 38.3 Å². The van der Waals surface area contributed by atoms with Crippen LogP contribution in [0.3, 0.4) is 0 Å². The van der Waals surface area contributed by atoms with Gasteiger partial charge in [0.15, 0.2) is 0 Å². The molecule has 2 aliphatic heterocycles. The van der Waals surface area contributed by atoms with Crippen molar-refractivity contribution in [2.45, 2.75) is 32.7 Å². The number of benzene rings is 1. The molecule has 7 nitrogen and oxygen atoms in total. The van der Waals surface area contributed by atoms with Gasteiger partial charge in [0.1, 0.15) is 17.1 Å². The SMILES string of the molecule is CCOc1ccccc1N1CCN(C(=O)c2c(OC)cc(=O)n3c2CCCC3)CC1. The molecule has 1 fully saturated rings. The number of methoxy groups -OCH3 is 1. The number of hydrogen-bond donors (Lipinski definition) is 0. The summed E-state index contributed by atoms with van der Waals surface area (Å²) in [6.07, 6.45) is 2.68. The Kier molecular flexibility index (Phi) is 5.97. The summed E-state index contributed by atoms with van der Waals surface area (Å²) in [6, 6.07) is 9.48. The average molecular weight is 412 g/mol. The van der Waals surface area contributed by atoms with E-state index in [-0.39, 0.29) is 11.5 Å². The maximum Gasteiger partial charge on any atom is 0.259 e. The molecule has 0 N–H and O–H groups in total. The van der Waals surface area contributed by atoms with Crippen LogP contribution in [0.25, 0.3) is 0 Å². The van der Waals surface area contributed by atoms with E-state index in [1.54, 1.807) is 4.57 Å². The summed E-state index contributed by atoms with van der Waals surface area (Å²) in [4.78, 5) is 30.0. The Balaban J connectivity index is 1.55. The van der Waals surface area contributed by atoms with Crippen LogP contribution >= 0.6 is 0 Å². The van der Waals surface area contributed by atoms with Crippen LogP contribution < -0.4 is 19.9 Å². The molecule has 4 rings (SSSR count). The molecule has 160 valence electrons. The maximum absolute atomic E-state index is 13.5. The second-order valence-corrected chi connectivity index (χ2v) is 7.66. The van der Waals surface area contributed by atoms with E-state index in [1.807, 2.05) is 30.0 Å². The first-order valence-corrected chi connectivity index (χ1v) is 10.7. The van der Waals surface area contributed by atoms with E-state index in [0.717, 1.165) is 49.5 Å². The number of ether oxygens (including phenoxy) is 2. The van der Waals surface area contributed by atoms with Crippen molar-refractivity contribution >= 4 is 11.6 Å². The van der Waals surface area contributed by atoms with Crippen molar-refractivity contribution < 1.29 is 14.3 Å². The van der Waals surface area contributed by atoms with Gasteiger partial charge in [-0.25, -0.2) is 0 Å². The molecule has 1 aromatic carbocycles. The van der Waals surface area contributed by atoms with Crippen LogP contribution in [-0.2, 0) is 13.0 Å². The Bertz CT molecular complexity index is 977. The van der Waals surface area contributed by atoms with Gasteiger partial charge in [-0.2, -0.15) is 0 Å². The molecule has 0 atom stereocenters. The van der Waals surface area contributed by atoms with Crippen LogP contribution in [0.5, 0.6) is 11.5 Å². The molecule has 30 heavy (non-hydrogen) atoms. The molecule has 0 unspecified atom stereocenters. The number of para-hydroxylation sites is 2. The fraction of sp³-hybridized carbons (Fsp3) is 0.478. The van der Waals surface area contributed by atoms with Gasteiger partial charge in [0, 0.05) is 44.5 Å². The number of anilines is 1. The lowest BCUT2D eigenvalue weighted by Crippen LogP contribution is -2.49. The number of carbonyl (C=O) groups is 1. The van der Waals surface area contributed by atoms with Crippen LogP contribution in [0.1, 0.15) is 35.8 Å². The zero-order valence-corrected chi connectivity index (χ0v) is 17.7. The van der Waals surface area contributed by atoms with E-state index in [1.165, 1.54) is 13.2 Å². The summed E-state index contributed by atoms with van der Waals surface area (Å²) in [7, 11) is 1.52. The first-order valence-electron chi connectivity index (χ1n) is 10.7. The molecule has 0 saturated carbocycles. The Morgan fingerprint density at radius 3 is 2.53 bits per heavy atom. The van der Waals surface area contributed by atoms with Gasteiger partial charge in [0.2, 0.25) is 0 Å². The molecular weight excluding hydrogens is 382 g/mol. The molecular formula is C23H29N3O4. The van der Waals surface area contributed by atoms with E-state index < -0.39 is 0 Å². The Morgan fingerprint density at radius 2 is 1.80 bits per heavy atom. The quantitative estimate of drug-likeness (QED) is 0.757. The Labute approximate surface area is 176 Å². The number of carbonyl (C=O) groups excluding carboxylic acids is 1. The number of rotatable bonds is 5. The minimum Gasteiger partial charge on any atom is -0.496 e. The fourth-order valence-electron chi connectivity index (χ4n) is 4.43. The normalized spacial score (nSPS) is 16.2. The molecule has 2 aliphatic rings. The van der Waals surface area contributed by atoms with Crippen molar-refractivity contribution in [2.75, 3.05) is 44.8 Å². The van der Waals surface area contributed by atoms with Crippen molar-refractivity contribution in [3.05, 3.63) is 51.9 Å². The molecule has 0 spiro atoms. The summed E-state index contributed by atoms with van der Waals surface area (Å²) in [5.41, 5.74) is 2.35. The third-order valence-electron chi connectivity index (χ3n) is 5.93. The highest BCUT2D eigenvalue weighted by molar-refractivity contribution is 5.98. The highest BCUT2D eigenvalue weighted by Gasteiger charge is 2.30. The van der Waals surface area contributed by atoms with Gasteiger partial charge < -0.3 is 23.8 Å².